The number of nitrogens with zero attached hydrogens (tertiary/aromatic N) is 1. The van der Waals surface area contributed by atoms with Gasteiger partial charge in [0.15, 0.2) is 0 Å². The number of morpholine rings is 1. The van der Waals surface area contributed by atoms with E-state index in [9.17, 15) is 14.7 Å². The SMILES string of the molecule is O=C(O)[C@H]1[C@H](C(=O)N2CCOCC2)[C@@H]1c1ccccc1. The number of rotatable bonds is 3. The van der Waals surface area contributed by atoms with Crippen LogP contribution in [0, 0.1) is 11.8 Å². The summed E-state index contributed by atoms with van der Waals surface area (Å²) in [5, 5.41) is 9.31. The molecule has 1 heterocycles. The molecule has 0 radical (unpaired) electrons. The third-order valence-electron chi connectivity index (χ3n) is 4.10. The maximum absolute atomic E-state index is 12.5. The van der Waals surface area contributed by atoms with Crippen LogP contribution in [0.25, 0.3) is 0 Å². The third kappa shape index (κ3) is 2.29. The minimum atomic E-state index is -0.884. The summed E-state index contributed by atoms with van der Waals surface area (Å²) in [7, 11) is 0. The molecule has 1 aromatic rings. The normalized spacial score (nSPS) is 29.0. The van der Waals surface area contributed by atoms with E-state index in [1.54, 1.807) is 4.90 Å². The van der Waals surface area contributed by atoms with Crippen molar-refractivity contribution in [2.24, 2.45) is 11.8 Å². The van der Waals surface area contributed by atoms with Gasteiger partial charge in [0.2, 0.25) is 5.91 Å². The second-order valence-electron chi connectivity index (χ2n) is 5.26. The van der Waals surface area contributed by atoms with Crippen molar-refractivity contribution >= 4 is 11.9 Å². The molecule has 2 aliphatic rings. The van der Waals surface area contributed by atoms with Crippen molar-refractivity contribution in [1.82, 2.24) is 4.90 Å². The number of amides is 1. The minimum absolute atomic E-state index is 0.0467. The largest absolute Gasteiger partial charge is 0.481 e. The first-order chi connectivity index (χ1) is 9.70. The van der Waals surface area contributed by atoms with Crippen molar-refractivity contribution < 1.29 is 19.4 Å². The molecule has 1 aromatic carbocycles. The third-order valence-corrected chi connectivity index (χ3v) is 4.10. The first-order valence-electron chi connectivity index (χ1n) is 6.84. The van der Waals surface area contributed by atoms with Gasteiger partial charge < -0.3 is 14.7 Å². The van der Waals surface area contributed by atoms with Gasteiger partial charge in [-0.3, -0.25) is 9.59 Å². The molecule has 3 atom stereocenters. The lowest BCUT2D eigenvalue weighted by Gasteiger charge is -2.27. The highest BCUT2D eigenvalue weighted by Gasteiger charge is 2.60. The molecule has 1 aliphatic carbocycles. The Balaban J connectivity index is 1.78. The summed E-state index contributed by atoms with van der Waals surface area (Å²) in [5.74, 6) is -2.13. The maximum atomic E-state index is 12.5. The van der Waals surface area contributed by atoms with Gasteiger partial charge in [0.1, 0.15) is 0 Å². The number of hydrogen-bond acceptors (Lipinski definition) is 3. The molecule has 0 spiro atoms. The lowest BCUT2D eigenvalue weighted by Crippen LogP contribution is -2.42. The standard InChI is InChI=1S/C15H17NO4/c17-14(16-6-8-20-9-7-16)12-11(13(12)15(18)19)10-4-2-1-3-5-10/h1-5,11-13H,6-9H2,(H,18,19)/t11-,12+,13+/m0/s1. The lowest BCUT2D eigenvalue weighted by atomic mass is 10.1. The number of carboxylic acids is 1. The van der Waals surface area contributed by atoms with Gasteiger partial charge in [0, 0.05) is 19.0 Å². The smallest absolute Gasteiger partial charge is 0.307 e. The van der Waals surface area contributed by atoms with Crippen molar-refractivity contribution in [2.75, 3.05) is 26.3 Å². The zero-order valence-electron chi connectivity index (χ0n) is 11.1. The molecule has 3 rings (SSSR count). The van der Waals surface area contributed by atoms with Crippen molar-refractivity contribution in [1.29, 1.82) is 0 Å². The second kappa shape index (κ2) is 5.25. The highest BCUT2D eigenvalue weighted by molar-refractivity contribution is 5.92. The van der Waals surface area contributed by atoms with Gasteiger partial charge in [-0.05, 0) is 5.56 Å². The van der Waals surface area contributed by atoms with E-state index >= 15 is 0 Å². The molecule has 106 valence electrons. The van der Waals surface area contributed by atoms with Gasteiger partial charge in [0.05, 0.1) is 25.0 Å². The van der Waals surface area contributed by atoms with E-state index in [2.05, 4.69) is 0 Å². The molecule has 5 heteroatoms. The Labute approximate surface area is 117 Å². The Bertz CT molecular complexity index is 510. The molecule has 1 saturated heterocycles. The van der Waals surface area contributed by atoms with E-state index in [4.69, 9.17) is 4.74 Å². The fourth-order valence-corrected chi connectivity index (χ4v) is 3.01. The lowest BCUT2D eigenvalue weighted by molar-refractivity contribution is -0.143. The topological polar surface area (TPSA) is 66.8 Å². The number of aliphatic carboxylic acids is 1. The van der Waals surface area contributed by atoms with Gasteiger partial charge in [-0.1, -0.05) is 30.3 Å². The summed E-state index contributed by atoms with van der Waals surface area (Å²) in [4.78, 5) is 25.5. The van der Waals surface area contributed by atoms with Crippen LogP contribution in [-0.2, 0) is 14.3 Å². The second-order valence-corrected chi connectivity index (χ2v) is 5.26. The highest BCUT2D eigenvalue weighted by Crippen LogP contribution is 2.55. The molecule has 0 aromatic heterocycles. The predicted octanol–water partition coefficient (Wildman–Crippen LogP) is 0.960. The van der Waals surface area contributed by atoms with E-state index in [-0.39, 0.29) is 11.8 Å². The summed E-state index contributed by atoms with van der Waals surface area (Å²) in [6.45, 7) is 2.19. The number of carbonyl (C=O) groups is 2. The molecular formula is C15H17NO4. The molecule has 0 unspecified atom stereocenters. The van der Waals surface area contributed by atoms with Crippen molar-refractivity contribution in [3.05, 3.63) is 35.9 Å². The van der Waals surface area contributed by atoms with Gasteiger partial charge in [-0.2, -0.15) is 0 Å². The van der Waals surface area contributed by atoms with E-state index in [1.807, 2.05) is 30.3 Å². The molecule has 0 bridgehead atoms. The first kappa shape index (κ1) is 13.1. The zero-order chi connectivity index (χ0) is 14.1. The van der Waals surface area contributed by atoms with Crippen LogP contribution in [0.4, 0.5) is 0 Å². The number of carbonyl (C=O) groups excluding carboxylic acids is 1. The quantitative estimate of drug-likeness (QED) is 0.892. The summed E-state index contributed by atoms with van der Waals surface area (Å²) < 4.78 is 5.23. The summed E-state index contributed by atoms with van der Waals surface area (Å²) >= 11 is 0. The van der Waals surface area contributed by atoms with Gasteiger partial charge >= 0.3 is 5.97 Å². The van der Waals surface area contributed by atoms with Crippen LogP contribution in [0.2, 0.25) is 0 Å². The Hall–Kier alpha value is -1.88. The van der Waals surface area contributed by atoms with Gasteiger partial charge in [-0.25, -0.2) is 0 Å². The fraction of sp³-hybridized carbons (Fsp3) is 0.467. The van der Waals surface area contributed by atoms with Crippen LogP contribution in [0.1, 0.15) is 11.5 Å². The number of benzene rings is 1. The van der Waals surface area contributed by atoms with E-state index in [1.165, 1.54) is 0 Å². The van der Waals surface area contributed by atoms with Crippen molar-refractivity contribution in [3.8, 4) is 0 Å². The number of carboxylic acid groups (broad SMARTS) is 1. The average molecular weight is 275 g/mol. The molecule has 1 saturated carbocycles. The molecule has 1 N–H and O–H groups in total. The van der Waals surface area contributed by atoms with Crippen molar-refractivity contribution in [2.45, 2.75) is 5.92 Å². The predicted molar refractivity (Wildman–Crippen MR) is 71.2 cm³/mol. The van der Waals surface area contributed by atoms with Gasteiger partial charge in [0.25, 0.3) is 0 Å². The Morgan fingerprint density at radius 3 is 2.35 bits per heavy atom. The summed E-state index contributed by atoms with van der Waals surface area (Å²) in [5.41, 5.74) is 0.937. The minimum Gasteiger partial charge on any atom is -0.481 e. The van der Waals surface area contributed by atoms with E-state index in [0.29, 0.717) is 26.3 Å². The van der Waals surface area contributed by atoms with Crippen LogP contribution in [0.5, 0.6) is 0 Å². The van der Waals surface area contributed by atoms with Crippen LogP contribution in [0.15, 0.2) is 30.3 Å². The highest BCUT2D eigenvalue weighted by atomic mass is 16.5. The van der Waals surface area contributed by atoms with Crippen LogP contribution in [-0.4, -0.2) is 48.2 Å². The fourth-order valence-electron chi connectivity index (χ4n) is 3.01. The monoisotopic (exact) mass is 275 g/mol. The summed E-state index contributed by atoms with van der Waals surface area (Å²) in [6, 6.07) is 9.44. The van der Waals surface area contributed by atoms with E-state index < -0.39 is 17.8 Å². The molecule has 5 nitrogen and oxygen atoms in total. The zero-order valence-corrected chi connectivity index (χ0v) is 11.1. The number of ether oxygens (including phenoxy) is 1. The molecule has 2 fully saturated rings. The average Bonchev–Trinajstić information content (AvgIpc) is 3.24. The van der Waals surface area contributed by atoms with Crippen LogP contribution < -0.4 is 0 Å². The van der Waals surface area contributed by atoms with Crippen LogP contribution in [0.3, 0.4) is 0 Å². The maximum Gasteiger partial charge on any atom is 0.307 e. The first-order valence-corrected chi connectivity index (χ1v) is 6.84. The van der Waals surface area contributed by atoms with Gasteiger partial charge in [-0.15, -0.1) is 0 Å². The van der Waals surface area contributed by atoms with Crippen LogP contribution >= 0.6 is 0 Å². The number of hydrogen-bond donors (Lipinski definition) is 1. The van der Waals surface area contributed by atoms with E-state index in [0.717, 1.165) is 5.56 Å². The molecule has 1 aliphatic heterocycles. The Morgan fingerprint density at radius 2 is 1.75 bits per heavy atom. The molecule has 1 amide bonds. The summed E-state index contributed by atoms with van der Waals surface area (Å²) in [6.07, 6.45) is 0. The van der Waals surface area contributed by atoms with Crippen molar-refractivity contribution in [3.63, 3.8) is 0 Å². The molecular weight excluding hydrogens is 258 g/mol. The Morgan fingerprint density at radius 1 is 1.10 bits per heavy atom. The molecule has 20 heavy (non-hydrogen) atoms. The Kier molecular flexibility index (Phi) is 3.44.